The van der Waals surface area contributed by atoms with Crippen molar-refractivity contribution in [2.75, 3.05) is 11.9 Å². The molecule has 0 aliphatic carbocycles. The first-order valence-corrected chi connectivity index (χ1v) is 6.74. The van der Waals surface area contributed by atoms with E-state index in [-0.39, 0.29) is 5.56 Å². The highest BCUT2D eigenvalue weighted by Crippen LogP contribution is 2.17. The number of carboxylic acid groups (broad SMARTS) is 1. The SMILES string of the molecule is O=C(O)CNC(=O)c1c(F)cc(C(=O)Nc2ccccc2)cc1F. The molecule has 0 bridgehead atoms. The number of anilines is 1. The molecule has 6 nitrogen and oxygen atoms in total. The van der Waals surface area contributed by atoms with Crippen LogP contribution in [0.4, 0.5) is 14.5 Å². The van der Waals surface area contributed by atoms with Crippen LogP contribution in [0.25, 0.3) is 0 Å². The van der Waals surface area contributed by atoms with Crippen LogP contribution in [-0.4, -0.2) is 29.4 Å². The maximum Gasteiger partial charge on any atom is 0.322 e. The lowest BCUT2D eigenvalue weighted by Gasteiger charge is -2.09. The Morgan fingerprint density at radius 2 is 1.54 bits per heavy atom. The second-order valence-corrected chi connectivity index (χ2v) is 4.71. The fourth-order valence-electron chi connectivity index (χ4n) is 1.89. The summed E-state index contributed by atoms with van der Waals surface area (Å²) < 4.78 is 27.9. The third-order valence-electron chi connectivity index (χ3n) is 2.96. The monoisotopic (exact) mass is 334 g/mol. The van der Waals surface area contributed by atoms with Crippen molar-refractivity contribution in [3.05, 3.63) is 65.2 Å². The van der Waals surface area contributed by atoms with Crippen LogP contribution in [0.2, 0.25) is 0 Å². The molecule has 0 spiro atoms. The first-order chi connectivity index (χ1) is 11.4. The van der Waals surface area contributed by atoms with Crippen LogP contribution in [-0.2, 0) is 4.79 Å². The van der Waals surface area contributed by atoms with Gasteiger partial charge in [-0.15, -0.1) is 0 Å². The van der Waals surface area contributed by atoms with Crippen LogP contribution in [0.1, 0.15) is 20.7 Å². The lowest BCUT2D eigenvalue weighted by Crippen LogP contribution is -2.31. The molecule has 2 aromatic carbocycles. The van der Waals surface area contributed by atoms with E-state index in [1.165, 1.54) is 0 Å². The van der Waals surface area contributed by atoms with Gasteiger partial charge in [0.2, 0.25) is 0 Å². The smallest absolute Gasteiger partial charge is 0.322 e. The normalized spacial score (nSPS) is 10.1. The van der Waals surface area contributed by atoms with E-state index in [0.717, 1.165) is 0 Å². The van der Waals surface area contributed by atoms with Crippen LogP contribution < -0.4 is 10.6 Å². The van der Waals surface area contributed by atoms with Gasteiger partial charge in [-0.05, 0) is 24.3 Å². The summed E-state index contributed by atoms with van der Waals surface area (Å²) >= 11 is 0. The molecule has 3 N–H and O–H groups in total. The Bertz CT molecular complexity index is 771. The zero-order valence-electron chi connectivity index (χ0n) is 12.2. The van der Waals surface area contributed by atoms with Gasteiger partial charge >= 0.3 is 5.97 Å². The van der Waals surface area contributed by atoms with Crippen molar-refractivity contribution in [1.29, 1.82) is 0 Å². The maximum atomic E-state index is 14.0. The van der Waals surface area contributed by atoms with Crippen LogP contribution in [0, 0.1) is 11.6 Å². The summed E-state index contributed by atoms with van der Waals surface area (Å²) in [7, 11) is 0. The Labute approximate surface area is 135 Å². The average molecular weight is 334 g/mol. The minimum absolute atomic E-state index is 0.316. The summed E-state index contributed by atoms with van der Waals surface area (Å²) in [4.78, 5) is 34.0. The van der Waals surface area contributed by atoms with Gasteiger partial charge in [0, 0.05) is 11.3 Å². The molecule has 0 unspecified atom stereocenters. The lowest BCUT2D eigenvalue weighted by atomic mass is 10.1. The summed E-state index contributed by atoms with van der Waals surface area (Å²) in [5.41, 5.74) is -0.831. The fourth-order valence-corrected chi connectivity index (χ4v) is 1.89. The standard InChI is InChI=1S/C16H12F2N2O4/c17-11-6-9(15(23)20-10-4-2-1-3-5-10)7-12(18)14(11)16(24)19-8-13(21)22/h1-7H,8H2,(H,19,24)(H,20,23)(H,21,22). The van der Waals surface area contributed by atoms with Gasteiger partial charge < -0.3 is 15.7 Å². The molecule has 0 atom stereocenters. The van der Waals surface area contributed by atoms with E-state index in [0.29, 0.717) is 17.8 Å². The molecule has 2 aromatic rings. The highest BCUT2D eigenvalue weighted by Gasteiger charge is 2.21. The summed E-state index contributed by atoms with van der Waals surface area (Å²) in [6, 6.07) is 9.68. The van der Waals surface area contributed by atoms with E-state index in [4.69, 9.17) is 5.11 Å². The van der Waals surface area contributed by atoms with E-state index >= 15 is 0 Å². The number of rotatable bonds is 5. The number of carbonyl (C=O) groups excluding carboxylic acids is 2. The number of hydrogen-bond acceptors (Lipinski definition) is 3. The van der Waals surface area contributed by atoms with Gasteiger partial charge in [-0.1, -0.05) is 18.2 Å². The Morgan fingerprint density at radius 1 is 0.958 bits per heavy atom. The van der Waals surface area contributed by atoms with E-state index in [1.54, 1.807) is 30.3 Å². The van der Waals surface area contributed by atoms with Crippen molar-refractivity contribution < 1.29 is 28.3 Å². The largest absolute Gasteiger partial charge is 0.480 e. The molecule has 0 saturated heterocycles. The second-order valence-electron chi connectivity index (χ2n) is 4.71. The third-order valence-corrected chi connectivity index (χ3v) is 2.96. The Balaban J connectivity index is 2.21. The summed E-state index contributed by atoms with van der Waals surface area (Å²) in [5.74, 6) is -5.87. The number of halogens is 2. The molecule has 0 aliphatic heterocycles. The third kappa shape index (κ3) is 4.13. The van der Waals surface area contributed by atoms with Crippen LogP contribution >= 0.6 is 0 Å². The van der Waals surface area contributed by atoms with E-state index in [9.17, 15) is 23.2 Å². The van der Waals surface area contributed by atoms with E-state index in [2.05, 4.69) is 5.32 Å². The number of para-hydroxylation sites is 1. The zero-order chi connectivity index (χ0) is 17.7. The lowest BCUT2D eigenvalue weighted by molar-refractivity contribution is -0.135. The number of carboxylic acids is 1. The zero-order valence-corrected chi connectivity index (χ0v) is 12.2. The minimum Gasteiger partial charge on any atom is -0.480 e. The number of nitrogens with one attached hydrogen (secondary N) is 2. The first kappa shape index (κ1) is 17.1. The molecule has 0 heterocycles. The van der Waals surface area contributed by atoms with Gasteiger partial charge in [0.25, 0.3) is 11.8 Å². The van der Waals surface area contributed by atoms with Gasteiger partial charge in [-0.25, -0.2) is 8.78 Å². The van der Waals surface area contributed by atoms with Gasteiger partial charge in [0.1, 0.15) is 23.7 Å². The first-order valence-electron chi connectivity index (χ1n) is 6.74. The minimum atomic E-state index is -1.36. The summed E-state index contributed by atoms with van der Waals surface area (Å²) in [6.07, 6.45) is 0. The predicted octanol–water partition coefficient (Wildman–Crippen LogP) is 2.03. The molecule has 2 amide bonds. The van der Waals surface area contributed by atoms with Crippen molar-refractivity contribution in [3.63, 3.8) is 0 Å². The van der Waals surface area contributed by atoms with Gasteiger partial charge in [-0.3, -0.25) is 14.4 Å². The highest BCUT2D eigenvalue weighted by atomic mass is 19.1. The number of carbonyl (C=O) groups is 3. The Hall–Kier alpha value is -3.29. The quantitative estimate of drug-likeness (QED) is 0.780. The predicted molar refractivity (Wildman–Crippen MR) is 80.7 cm³/mol. The number of hydrogen-bond donors (Lipinski definition) is 3. The molecule has 0 aromatic heterocycles. The topological polar surface area (TPSA) is 95.5 Å². The van der Waals surface area contributed by atoms with Crippen LogP contribution in [0.5, 0.6) is 0 Å². The van der Waals surface area contributed by atoms with E-state index in [1.807, 2.05) is 5.32 Å². The molecular formula is C16H12F2N2O4. The maximum absolute atomic E-state index is 14.0. The van der Waals surface area contributed by atoms with Crippen molar-refractivity contribution in [2.45, 2.75) is 0 Å². The van der Waals surface area contributed by atoms with Crippen LogP contribution in [0.15, 0.2) is 42.5 Å². The molecule has 8 heteroatoms. The van der Waals surface area contributed by atoms with Crippen molar-refractivity contribution in [2.24, 2.45) is 0 Å². The van der Waals surface area contributed by atoms with Crippen molar-refractivity contribution >= 4 is 23.5 Å². The van der Waals surface area contributed by atoms with E-state index < -0.39 is 41.5 Å². The molecule has 0 radical (unpaired) electrons. The van der Waals surface area contributed by atoms with Gasteiger partial charge in [0.05, 0.1) is 0 Å². The Morgan fingerprint density at radius 3 is 2.08 bits per heavy atom. The summed E-state index contributed by atoms with van der Waals surface area (Å²) in [6.45, 7) is -0.784. The molecule has 2 rings (SSSR count). The number of amides is 2. The van der Waals surface area contributed by atoms with Gasteiger partial charge in [-0.2, -0.15) is 0 Å². The number of aliphatic carboxylic acids is 1. The summed E-state index contributed by atoms with van der Waals surface area (Å²) in [5, 5.41) is 12.8. The number of benzene rings is 2. The Kier molecular flexibility index (Phi) is 5.20. The highest BCUT2D eigenvalue weighted by molar-refractivity contribution is 6.05. The van der Waals surface area contributed by atoms with Crippen molar-refractivity contribution in [1.82, 2.24) is 5.32 Å². The molecule has 0 fully saturated rings. The molecule has 0 saturated carbocycles. The van der Waals surface area contributed by atoms with Crippen molar-refractivity contribution in [3.8, 4) is 0 Å². The van der Waals surface area contributed by atoms with Gasteiger partial charge in [0.15, 0.2) is 0 Å². The molecular weight excluding hydrogens is 322 g/mol. The fraction of sp³-hybridized carbons (Fsp3) is 0.0625. The molecule has 124 valence electrons. The molecule has 24 heavy (non-hydrogen) atoms. The second kappa shape index (κ2) is 7.32. The molecule has 0 aliphatic rings. The average Bonchev–Trinajstić information content (AvgIpc) is 2.53. The van der Waals surface area contributed by atoms with Crippen LogP contribution in [0.3, 0.4) is 0 Å².